The number of benzene rings is 3. The summed E-state index contributed by atoms with van der Waals surface area (Å²) >= 11 is 0. The van der Waals surface area contributed by atoms with E-state index in [4.69, 9.17) is 4.74 Å². The normalized spacial score (nSPS) is 18.5. The van der Waals surface area contributed by atoms with Crippen LogP contribution in [0.2, 0.25) is 0 Å². The number of sulfonamides is 1. The number of halogens is 1. The van der Waals surface area contributed by atoms with Crippen LogP contribution in [0.1, 0.15) is 13.3 Å². The number of ether oxygens (including phenoxy) is 1. The van der Waals surface area contributed by atoms with Crippen LogP contribution in [-0.2, 0) is 10.0 Å². The number of hydrogen-bond acceptors (Lipinski definition) is 4. The predicted octanol–water partition coefficient (Wildman–Crippen LogP) is 3.80. The van der Waals surface area contributed by atoms with Gasteiger partial charge in [-0.25, -0.2) is 17.5 Å². The molecule has 1 aliphatic rings. The fraction of sp³-hybridized carbons (Fsp3) is 0.304. The lowest BCUT2D eigenvalue weighted by molar-refractivity contribution is 0.199. The molecule has 3 aromatic carbocycles. The number of hydrogen-bond donors (Lipinski definition) is 1. The van der Waals surface area contributed by atoms with Crippen molar-refractivity contribution in [1.29, 1.82) is 0 Å². The maximum atomic E-state index is 13.1. The second-order valence-corrected chi connectivity index (χ2v) is 9.46. The summed E-state index contributed by atoms with van der Waals surface area (Å²) in [6.07, 6.45) is 0.956. The number of nitrogens with one attached hydrogen (secondary N) is 1. The van der Waals surface area contributed by atoms with Gasteiger partial charge in [0.2, 0.25) is 10.0 Å². The average molecular weight is 429 g/mol. The van der Waals surface area contributed by atoms with Gasteiger partial charge in [-0.3, -0.25) is 4.90 Å². The van der Waals surface area contributed by atoms with Crippen LogP contribution in [0.15, 0.2) is 71.6 Å². The van der Waals surface area contributed by atoms with Crippen molar-refractivity contribution in [2.24, 2.45) is 0 Å². The summed E-state index contributed by atoms with van der Waals surface area (Å²) in [4.78, 5) is 2.27. The van der Waals surface area contributed by atoms with Crippen molar-refractivity contribution >= 4 is 20.8 Å². The van der Waals surface area contributed by atoms with Crippen molar-refractivity contribution in [3.8, 4) is 5.75 Å². The van der Waals surface area contributed by atoms with E-state index in [0.717, 1.165) is 48.2 Å². The molecule has 0 saturated carbocycles. The number of fused-ring (bicyclic) bond motifs is 1. The molecule has 0 radical (unpaired) electrons. The summed E-state index contributed by atoms with van der Waals surface area (Å²) in [5.74, 6) is 0.418. The summed E-state index contributed by atoms with van der Waals surface area (Å²) in [6.45, 7) is 4.00. The summed E-state index contributed by atoms with van der Waals surface area (Å²) in [6, 6.07) is 18.8. The molecule has 0 bridgehead atoms. The molecule has 30 heavy (non-hydrogen) atoms. The molecule has 5 nitrogen and oxygen atoms in total. The Balaban J connectivity index is 1.34. The van der Waals surface area contributed by atoms with Gasteiger partial charge >= 0.3 is 0 Å². The highest BCUT2D eigenvalue weighted by Gasteiger charge is 2.27. The zero-order valence-corrected chi connectivity index (χ0v) is 17.6. The van der Waals surface area contributed by atoms with E-state index in [1.165, 1.54) is 12.1 Å². The molecule has 3 aromatic rings. The average Bonchev–Trinajstić information content (AvgIpc) is 3.15. The molecule has 4 rings (SSSR count). The van der Waals surface area contributed by atoms with Gasteiger partial charge in [-0.1, -0.05) is 36.4 Å². The maximum absolute atomic E-state index is 13.1. The Labute approximate surface area is 176 Å². The number of nitrogens with zero attached hydrogens (tertiary/aromatic N) is 1. The lowest BCUT2D eigenvalue weighted by Crippen LogP contribution is -2.41. The zero-order chi connectivity index (χ0) is 21.1. The molecule has 1 saturated heterocycles. The van der Waals surface area contributed by atoms with Crippen LogP contribution < -0.4 is 9.46 Å². The van der Waals surface area contributed by atoms with Gasteiger partial charge in [0, 0.05) is 31.1 Å². The van der Waals surface area contributed by atoms with Gasteiger partial charge < -0.3 is 4.74 Å². The third-order valence-corrected chi connectivity index (χ3v) is 6.89. The number of likely N-dealkylation sites (tertiary alicyclic amines) is 1. The van der Waals surface area contributed by atoms with E-state index in [2.05, 4.69) is 27.8 Å². The van der Waals surface area contributed by atoms with Gasteiger partial charge in [-0.2, -0.15) is 0 Å². The summed E-state index contributed by atoms with van der Waals surface area (Å²) in [7, 11) is -3.68. The van der Waals surface area contributed by atoms with Crippen LogP contribution in [0.25, 0.3) is 10.8 Å². The van der Waals surface area contributed by atoms with E-state index in [-0.39, 0.29) is 17.0 Å². The zero-order valence-electron chi connectivity index (χ0n) is 16.8. The molecule has 7 heteroatoms. The first-order chi connectivity index (χ1) is 14.4. The van der Waals surface area contributed by atoms with E-state index in [9.17, 15) is 12.8 Å². The lowest BCUT2D eigenvalue weighted by Gasteiger charge is -2.22. The van der Waals surface area contributed by atoms with Crippen LogP contribution in [0.5, 0.6) is 5.75 Å². The second kappa shape index (κ2) is 8.71. The molecular formula is C23H25FN2O3S. The Morgan fingerprint density at radius 3 is 2.63 bits per heavy atom. The standard InChI is InChI=1S/C23H25FN2O3S/c1-17(25-30(27,28)21-11-9-19(24)10-12-21)15-26-14-13-20(16-26)29-23-8-4-6-18-5-2-3-7-22(18)23/h2-12,17,20,25H,13-16H2,1H3. The Morgan fingerprint density at radius 1 is 1.10 bits per heavy atom. The van der Waals surface area contributed by atoms with Gasteiger partial charge in [0.15, 0.2) is 0 Å². The Morgan fingerprint density at radius 2 is 1.83 bits per heavy atom. The fourth-order valence-electron chi connectivity index (χ4n) is 3.91. The molecule has 2 unspecified atom stereocenters. The lowest BCUT2D eigenvalue weighted by atomic mass is 10.1. The highest BCUT2D eigenvalue weighted by molar-refractivity contribution is 7.89. The van der Waals surface area contributed by atoms with Crippen molar-refractivity contribution < 1.29 is 17.5 Å². The topological polar surface area (TPSA) is 58.6 Å². The molecule has 0 aliphatic carbocycles. The molecule has 2 atom stereocenters. The van der Waals surface area contributed by atoms with Crippen molar-refractivity contribution in [2.75, 3.05) is 19.6 Å². The Hall–Kier alpha value is -2.48. The maximum Gasteiger partial charge on any atom is 0.240 e. The van der Waals surface area contributed by atoms with Gasteiger partial charge in [-0.05, 0) is 49.1 Å². The highest BCUT2D eigenvalue weighted by Crippen LogP contribution is 2.27. The van der Waals surface area contributed by atoms with Crippen LogP contribution in [-0.4, -0.2) is 45.1 Å². The molecule has 1 fully saturated rings. The first-order valence-corrected chi connectivity index (χ1v) is 11.5. The van der Waals surface area contributed by atoms with Gasteiger partial charge in [0.1, 0.15) is 17.7 Å². The number of rotatable bonds is 7. The first kappa shape index (κ1) is 20.8. The van der Waals surface area contributed by atoms with E-state index < -0.39 is 15.8 Å². The molecule has 158 valence electrons. The van der Waals surface area contributed by atoms with Crippen LogP contribution >= 0.6 is 0 Å². The van der Waals surface area contributed by atoms with Crippen molar-refractivity contribution in [3.63, 3.8) is 0 Å². The van der Waals surface area contributed by atoms with Crippen molar-refractivity contribution in [2.45, 2.75) is 30.4 Å². The third-order valence-electron chi connectivity index (χ3n) is 5.28. The summed E-state index contributed by atoms with van der Waals surface area (Å²) < 4.78 is 47.0. The van der Waals surface area contributed by atoms with Crippen LogP contribution in [0.3, 0.4) is 0 Å². The van der Waals surface area contributed by atoms with Crippen molar-refractivity contribution in [1.82, 2.24) is 9.62 Å². The van der Waals surface area contributed by atoms with E-state index >= 15 is 0 Å². The van der Waals surface area contributed by atoms with Crippen LogP contribution in [0.4, 0.5) is 4.39 Å². The van der Waals surface area contributed by atoms with Gasteiger partial charge in [0.05, 0.1) is 4.90 Å². The summed E-state index contributed by atoms with van der Waals surface area (Å²) in [5, 5.41) is 2.24. The quantitative estimate of drug-likeness (QED) is 0.622. The Bertz CT molecular complexity index is 1110. The predicted molar refractivity (Wildman–Crippen MR) is 116 cm³/mol. The van der Waals surface area contributed by atoms with Gasteiger partial charge in [0.25, 0.3) is 0 Å². The molecule has 1 N–H and O–H groups in total. The first-order valence-electron chi connectivity index (χ1n) is 10.1. The summed E-state index contributed by atoms with van der Waals surface area (Å²) in [5.41, 5.74) is 0. The van der Waals surface area contributed by atoms with E-state index in [0.29, 0.717) is 6.54 Å². The fourth-order valence-corrected chi connectivity index (χ4v) is 5.14. The van der Waals surface area contributed by atoms with E-state index in [1.54, 1.807) is 0 Å². The largest absolute Gasteiger partial charge is 0.488 e. The highest BCUT2D eigenvalue weighted by atomic mass is 32.2. The third kappa shape index (κ3) is 4.80. The second-order valence-electron chi connectivity index (χ2n) is 7.74. The van der Waals surface area contributed by atoms with E-state index in [1.807, 2.05) is 31.2 Å². The minimum Gasteiger partial charge on any atom is -0.488 e. The van der Waals surface area contributed by atoms with Crippen molar-refractivity contribution in [3.05, 3.63) is 72.5 Å². The molecular weight excluding hydrogens is 403 g/mol. The molecule has 1 aliphatic heterocycles. The minimum atomic E-state index is -3.68. The molecule has 0 spiro atoms. The molecule has 0 aromatic heterocycles. The SMILES string of the molecule is CC(CN1CCC(Oc2cccc3ccccc23)C1)NS(=O)(=O)c1ccc(F)cc1. The Kier molecular flexibility index (Phi) is 6.04. The molecule has 1 heterocycles. The van der Waals surface area contributed by atoms with Crippen LogP contribution in [0, 0.1) is 5.82 Å². The van der Waals surface area contributed by atoms with Gasteiger partial charge in [-0.15, -0.1) is 0 Å². The monoisotopic (exact) mass is 428 g/mol. The smallest absolute Gasteiger partial charge is 0.240 e. The molecule has 0 amide bonds. The minimum absolute atomic E-state index is 0.0642.